The van der Waals surface area contributed by atoms with Crippen LogP contribution in [0.3, 0.4) is 0 Å². The second kappa shape index (κ2) is 10.1. The molecule has 2 amide bonds. The van der Waals surface area contributed by atoms with Crippen molar-refractivity contribution < 1.29 is 22.7 Å². The first kappa shape index (κ1) is 24.1. The summed E-state index contributed by atoms with van der Waals surface area (Å²) in [5, 5.41) is 8.56. The molecule has 35 heavy (non-hydrogen) atoms. The van der Waals surface area contributed by atoms with E-state index in [2.05, 4.69) is 15.4 Å². The first-order chi connectivity index (χ1) is 16.7. The number of hydrogen-bond donors (Lipinski definition) is 1. The molecular formula is C25H24N4O5S. The molecule has 2 aromatic carbocycles. The summed E-state index contributed by atoms with van der Waals surface area (Å²) < 4.78 is 29.1. The van der Waals surface area contributed by atoms with E-state index in [9.17, 15) is 18.0 Å². The molecule has 3 aromatic rings. The topological polar surface area (TPSA) is 118 Å². The van der Waals surface area contributed by atoms with Gasteiger partial charge in [0.1, 0.15) is 11.8 Å². The number of sulfone groups is 1. The van der Waals surface area contributed by atoms with Gasteiger partial charge in [-0.1, -0.05) is 31.2 Å². The Balaban J connectivity index is 1.50. The lowest BCUT2D eigenvalue weighted by Gasteiger charge is -2.29. The van der Waals surface area contributed by atoms with Crippen LogP contribution in [-0.2, 0) is 21.1 Å². The van der Waals surface area contributed by atoms with Crippen molar-refractivity contribution in [2.75, 3.05) is 11.6 Å². The smallest absolute Gasteiger partial charge is 0.431 e. The number of rotatable bonds is 7. The molecule has 0 saturated heterocycles. The standard InChI is InChI=1S/C25H24N4O5S/c1-3-22-23(18-8-12-21(13-9-18)35(2,32)33)28-29(25(31)34-22)16-17-6-10-20(11-7-17)27-24(30)19-5-4-14-26-15-19/h4-15,22H,3,16H2,1-2H3,(H,27,30). The Bertz CT molecular complexity index is 1360. The third-order valence-corrected chi connectivity index (χ3v) is 6.53. The lowest BCUT2D eigenvalue weighted by atomic mass is 10.0. The van der Waals surface area contributed by atoms with Crippen molar-refractivity contribution in [2.24, 2.45) is 5.10 Å². The summed E-state index contributed by atoms with van der Waals surface area (Å²) in [5.41, 5.74) is 3.06. The van der Waals surface area contributed by atoms with Crippen molar-refractivity contribution in [3.8, 4) is 0 Å². The number of amides is 2. The second-order valence-electron chi connectivity index (χ2n) is 8.01. The van der Waals surface area contributed by atoms with Gasteiger partial charge in [0, 0.05) is 29.9 Å². The Morgan fingerprint density at radius 1 is 1.09 bits per heavy atom. The molecule has 1 N–H and O–H groups in total. The van der Waals surface area contributed by atoms with Crippen molar-refractivity contribution in [1.82, 2.24) is 9.99 Å². The van der Waals surface area contributed by atoms with Crippen LogP contribution in [0.2, 0.25) is 0 Å². The van der Waals surface area contributed by atoms with Crippen LogP contribution in [-0.4, -0.2) is 48.5 Å². The molecular weight excluding hydrogens is 468 g/mol. The molecule has 10 heteroatoms. The van der Waals surface area contributed by atoms with E-state index in [0.29, 0.717) is 28.9 Å². The number of cyclic esters (lactones) is 1. The number of nitrogens with zero attached hydrogens (tertiary/aromatic N) is 3. The maximum absolute atomic E-state index is 12.6. The molecule has 1 aromatic heterocycles. The van der Waals surface area contributed by atoms with Crippen LogP contribution in [0, 0.1) is 0 Å². The molecule has 0 saturated carbocycles. The number of benzene rings is 2. The molecule has 1 atom stereocenters. The Kier molecular flexibility index (Phi) is 6.92. The molecule has 0 spiro atoms. The van der Waals surface area contributed by atoms with Crippen LogP contribution in [0.1, 0.15) is 34.8 Å². The quantitative estimate of drug-likeness (QED) is 0.535. The van der Waals surface area contributed by atoms with E-state index < -0.39 is 22.0 Å². The molecule has 1 unspecified atom stereocenters. The largest absolute Gasteiger partial charge is 0.438 e. The van der Waals surface area contributed by atoms with Gasteiger partial charge in [0.05, 0.1) is 17.0 Å². The van der Waals surface area contributed by atoms with Crippen LogP contribution >= 0.6 is 0 Å². The summed E-state index contributed by atoms with van der Waals surface area (Å²) in [5.74, 6) is -0.271. The third kappa shape index (κ3) is 5.72. The van der Waals surface area contributed by atoms with E-state index in [1.165, 1.54) is 23.3 Å². The summed E-state index contributed by atoms with van der Waals surface area (Å²) in [6, 6.07) is 16.8. The minimum Gasteiger partial charge on any atom is -0.438 e. The van der Waals surface area contributed by atoms with Crippen LogP contribution < -0.4 is 5.32 Å². The summed E-state index contributed by atoms with van der Waals surface area (Å²) in [6.45, 7) is 2.05. The molecule has 0 aliphatic carbocycles. The minimum atomic E-state index is -3.32. The van der Waals surface area contributed by atoms with Crippen LogP contribution in [0.4, 0.5) is 10.5 Å². The molecule has 4 rings (SSSR count). The maximum atomic E-state index is 12.6. The Hall–Kier alpha value is -4.05. The van der Waals surface area contributed by atoms with E-state index in [1.807, 2.05) is 6.92 Å². The van der Waals surface area contributed by atoms with Gasteiger partial charge in [-0.25, -0.2) is 13.2 Å². The number of carbonyl (C=O) groups is 2. The summed E-state index contributed by atoms with van der Waals surface area (Å²) in [6.07, 6.45) is 3.65. The summed E-state index contributed by atoms with van der Waals surface area (Å²) >= 11 is 0. The molecule has 1 aliphatic rings. The van der Waals surface area contributed by atoms with Crippen LogP contribution in [0.25, 0.3) is 0 Å². The normalized spacial score (nSPS) is 15.8. The van der Waals surface area contributed by atoms with Gasteiger partial charge in [-0.2, -0.15) is 10.1 Å². The van der Waals surface area contributed by atoms with Crippen molar-refractivity contribution in [1.29, 1.82) is 0 Å². The van der Waals surface area contributed by atoms with Gasteiger partial charge in [0.25, 0.3) is 5.91 Å². The van der Waals surface area contributed by atoms with Crippen molar-refractivity contribution >= 4 is 33.2 Å². The maximum Gasteiger partial charge on any atom is 0.431 e. The molecule has 2 heterocycles. The first-order valence-electron chi connectivity index (χ1n) is 10.9. The molecule has 0 radical (unpaired) electrons. The minimum absolute atomic E-state index is 0.164. The fourth-order valence-corrected chi connectivity index (χ4v) is 4.16. The molecule has 180 valence electrons. The Morgan fingerprint density at radius 2 is 1.80 bits per heavy atom. The van der Waals surface area contributed by atoms with Crippen LogP contribution in [0.5, 0.6) is 0 Å². The van der Waals surface area contributed by atoms with E-state index in [1.54, 1.807) is 54.7 Å². The summed E-state index contributed by atoms with van der Waals surface area (Å²) in [4.78, 5) is 29.0. The molecule has 0 bridgehead atoms. The van der Waals surface area contributed by atoms with Gasteiger partial charge in [0.15, 0.2) is 9.84 Å². The number of anilines is 1. The average Bonchev–Trinajstić information content (AvgIpc) is 2.86. The lowest BCUT2D eigenvalue weighted by Crippen LogP contribution is -2.41. The van der Waals surface area contributed by atoms with Gasteiger partial charge in [-0.3, -0.25) is 9.78 Å². The highest BCUT2D eigenvalue weighted by Crippen LogP contribution is 2.22. The second-order valence-corrected chi connectivity index (χ2v) is 10.0. The fourth-order valence-electron chi connectivity index (χ4n) is 3.53. The molecule has 0 fully saturated rings. The fraction of sp³-hybridized carbons (Fsp3) is 0.200. The Morgan fingerprint density at radius 3 is 2.40 bits per heavy atom. The van der Waals surface area contributed by atoms with Crippen molar-refractivity contribution in [2.45, 2.75) is 30.9 Å². The predicted molar refractivity (Wildman–Crippen MR) is 131 cm³/mol. The van der Waals surface area contributed by atoms with Gasteiger partial charge in [0.2, 0.25) is 0 Å². The number of hydrazone groups is 1. The highest BCUT2D eigenvalue weighted by Gasteiger charge is 2.30. The summed E-state index contributed by atoms with van der Waals surface area (Å²) in [7, 11) is -3.32. The third-order valence-electron chi connectivity index (χ3n) is 5.40. The van der Waals surface area contributed by atoms with E-state index in [0.717, 1.165) is 11.8 Å². The number of nitrogens with one attached hydrogen (secondary N) is 1. The van der Waals surface area contributed by atoms with Gasteiger partial charge in [-0.05, 0) is 48.4 Å². The number of ether oxygens (including phenoxy) is 1. The van der Waals surface area contributed by atoms with Crippen molar-refractivity contribution in [3.05, 3.63) is 89.7 Å². The zero-order chi connectivity index (χ0) is 25.0. The van der Waals surface area contributed by atoms with Gasteiger partial charge < -0.3 is 10.1 Å². The highest BCUT2D eigenvalue weighted by atomic mass is 32.2. The average molecular weight is 493 g/mol. The molecule has 1 aliphatic heterocycles. The monoisotopic (exact) mass is 492 g/mol. The zero-order valence-corrected chi connectivity index (χ0v) is 20.0. The SMILES string of the molecule is CCC1OC(=O)N(Cc2ccc(NC(=O)c3cccnc3)cc2)N=C1c1ccc(S(C)(=O)=O)cc1. The predicted octanol–water partition coefficient (Wildman–Crippen LogP) is 3.87. The van der Waals surface area contributed by atoms with Crippen molar-refractivity contribution in [3.63, 3.8) is 0 Å². The lowest BCUT2D eigenvalue weighted by molar-refractivity contribution is 0.0712. The highest BCUT2D eigenvalue weighted by molar-refractivity contribution is 7.90. The number of hydrogen-bond acceptors (Lipinski definition) is 7. The van der Waals surface area contributed by atoms with Gasteiger partial charge >= 0.3 is 6.09 Å². The number of aromatic nitrogens is 1. The number of pyridine rings is 1. The molecule has 9 nitrogen and oxygen atoms in total. The number of carbonyl (C=O) groups excluding carboxylic acids is 2. The van der Waals surface area contributed by atoms with E-state index in [-0.39, 0.29) is 17.3 Å². The Labute approximate surface area is 203 Å². The van der Waals surface area contributed by atoms with Crippen LogP contribution in [0.15, 0.2) is 83.1 Å². The van der Waals surface area contributed by atoms with Gasteiger partial charge in [-0.15, -0.1) is 0 Å². The van der Waals surface area contributed by atoms with E-state index in [4.69, 9.17) is 4.74 Å². The zero-order valence-electron chi connectivity index (χ0n) is 19.2. The first-order valence-corrected chi connectivity index (χ1v) is 12.8. The van der Waals surface area contributed by atoms with E-state index >= 15 is 0 Å².